The van der Waals surface area contributed by atoms with E-state index in [0.717, 1.165) is 28.9 Å². The Morgan fingerprint density at radius 2 is 2.13 bits per heavy atom. The van der Waals surface area contributed by atoms with Gasteiger partial charge in [0.25, 0.3) is 0 Å². The lowest BCUT2D eigenvalue weighted by Crippen LogP contribution is -2.33. The molecule has 0 radical (unpaired) electrons. The van der Waals surface area contributed by atoms with Gasteiger partial charge in [-0.1, -0.05) is 32.6 Å². The maximum Gasteiger partial charge on any atom is 0.246 e. The van der Waals surface area contributed by atoms with E-state index in [9.17, 15) is 9.59 Å². The second kappa shape index (κ2) is 8.88. The van der Waals surface area contributed by atoms with Gasteiger partial charge >= 0.3 is 0 Å². The minimum absolute atomic E-state index is 0.0504. The van der Waals surface area contributed by atoms with Crippen molar-refractivity contribution in [2.24, 2.45) is 5.92 Å². The summed E-state index contributed by atoms with van der Waals surface area (Å²) in [6.07, 6.45) is 8.29. The highest BCUT2D eigenvalue weighted by molar-refractivity contribution is 5.95. The van der Waals surface area contributed by atoms with Gasteiger partial charge in [-0.2, -0.15) is 5.10 Å². The molecule has 4 rings (SSSR count). The average molecular weight is 420 g/mol. The molecule has 2 aromatic rings. The van der Waals surface area contributed by atoms with E-state index in [1.807, 2.05) is 38.1 Å². The van der Waals surface area contributed by atoms with Crippen LogP contribution in [0.2, 0.25) is 0 Å². The van der Waals surface area contributed by atoms with Crippen molar-refractivity contribution >= 4 is 23.2 Å². The monoisotopic (exact) mass is 419 g/mol. The minimum atomic E-state index is -0.316. The van der Waals surface area contributed by atoms with Gasteiger partial charge in [-0.25, -0.2) is 0 Å². The molecule has 1 aliphatic carbocycles. The van der Waals surface area contributed by atoms with Gasteiger partial charge in [0.05, 0.1) is 11.6 Å². The third-order valence-corrected chi connectivity index (χ3v) is 5.99. The fourth-order valence-corrected chi connectivity index (χ4v) is 4.06. The van der Waals surface area contributed by atoms with Crippen LogP contribution in [0.4, 0.5) is 5.82 Å². The molecule has 0 aromatic carbocycles. The molecule has 1 atom stereocenters. The maximum atomic E-state index is 13.0. The smallest absolute Gasteiger partial charge is 0.246 e. The number of amides is 2. The van der Waals surface area contributed by atoms with E-state index >= 15 is 0 Å². The van der Waals surface area contributed by atoms with E-state index < -0.39 is 0 Å². The van der Waals surface area contributed by atoms with E-state index in [2.05, 4.69) is 27.1 Å². The van der Waals surface area contributed by atoms with Crippen LogP contribution in [-0.4, -0.2) is 45.0 Å². The number of hydrogen-bond donors (Lipinski definition) is 2. The van der Waals surface area contributed by atoms with Crippen LogP contribution in [0.1, 0.15) is 61.9 Å². The predicted octanol–water partition coefficient (Wildman–Crippen LogP) is 3.86. The lowest BCUT2D eigenvalue weighted by molar-refractivity contribution is -0.125. The molecule has 2 N–H and O–H groups in total. The number of pyridine rings is 1. The lowest BCUT2D eigenvalue weighted by atomic mass is 9.88. The first kappa shape index (κ1) is 21.0. The third-order valence-electron chi connectivity index (χ3n) is 5.99. The third kappa shape index (κ3) is 4.76. The molecule has 3 heterocycles. The molecule has 2 amide bonds. The van der Waals surface area contributed by atoms with Crippen LogP contribution in [0.3, 0.4) is 0 Å². The van der Waals surface area contributed by atoms with Gasteiger partial charge in [-0.05, 0) is 48.5 Å². The molecule has 2 aliphatic rings. The highest BCUT2D eigenvalue weighted by Gasteiger charge is 2.28. The summed E-state index contributed by atoms with van der Waals surface area (Å²) in [6, 6.07) is 5.88. The minimum Gasteiger partial charge on any atom is -0.335 e. The molecular formula is C24H29N5O2. The molecular weight excluding hydrogens is 390 g/mol. The topological polar surface area (TPSA) is 91.0 Å². The molecule has 7 nitrogen and oxygen atoms in total. The molecule has 0 bridgehead atoms. The standard InChI is InChI=1S/C24H29N5O2/c1-4-22(30)29-11-9-17(10-12-29)19-8-7-18(14-25-19)23(15(2)3)24(31)26-21-13-20(27-28-21)16-5-6-16/h4,7-9,13-16,23H,1,5-6,10-12H2,2-3H3,(H2,26,27,28,31). The van der Waals surface area contributed by atoms with Crippen LogP contribution in [0.5, 0.6) is 0 Å². The first-order chi connectivity index (χ1) is 15.0. The predicted molar refractivity (Wildman–Crippen MR) is 120 cm³/mol. The Balaban J connectivity index is 1.45. The number of hydrogen-bond acceptors (Lipinski definition) is 4. The van der Waals surface area contributed by atoms with Crippen LogP contribution in [0.25, 0.3) is 5.57 Å². The summed E-state index contributed by atoms with van der Waals surface area (Å²) in [7, 11) is 0. The van der Waals surface area contributed by atoms with Crippen molar-refractivity contribution in [2.45, 2.75) is 44.9 Å². The van der Waals surface area contributed by atoms with Crippen LogP contribution >= 0.6 is 0 Å². The van der Waals surface area contributed by atoms with E-state index in [1.165, 1.54) is 18.9 Å². The Morgan fingerprint density at radius 3 is 2.71 bits per heavy atom. The second-order valence-electron chi connectivity index (χ2n) is 8.64. The number of nitrogens with zero attached hydrogens (tertiary/aromatic N) is 3. The molecule has 1 saturated carbocycles. The zero-order chi connectivity index (χ0) is 22.0. The van der Waals surface area contributed by atoms with Crippen molar-refractivity contribution in [1.82, 2.24) is 20.1 Å². The van der Waals surface area contributed by atoms with Gasteiger partial charge in [-0.15, -0.1) is 0 Å². The van der Waals surface area contributed by atoms with Gasteiger partial charge in [0.15, 0.2) is 5.82 Å². The summed E-state index contributed by atoms with van der Waals surface area (Å²) in [4.78, 5) is 31.1. The van der Waals surface area contributed by atoms with Gasteiger partial charge in [0, 0.05) is 37.0 Å². The number of aromatic amines is 1. The van der Waals surface area contributed by atoms with E-state index in [1.54, 1.807) is 11.1 Å². The summed E-state index contributed by atoms with van der Waals surface area (Å²) in [6.45, 7) is 8.83. The van der Waals surface area contributed by atoms with Gasteiger partial charge in [0.2, 0.25) is 11.8 Å². The highest BCUT2D eigenvalue weighted by atomic mass is 16.2. The fraction of sp³-hybridized carbons (Fsp3) is 0.417. The Bertz CT molecular complexity index is 1000. The molecule has 0 saturated heterocycles. The van der Waals surface area contributed by atoms with Crippen molar-refractivity contribution in [3.63, 3.8) is 0 Å². The number of rotatable bonds is 7. The molecule has 1 aliphatic heterocycles. The Morgan fingerprint density at radius 1 is 1.32 bits per heavy atom. The van der Waals surface area contributed by atoms with Crippen molar-refractivity contribution in [1.29, 1.82) is 0 Å². The highest BCUT2D eigenvalue weighted by Crippen LogP contribution is 2.39. The quantitative estimate of drug-likeness (QED) is 0.667. The number of carbonyl (C=O) groups is 2. The number of H-pyrrole nitrogens is 1. The molecule has 162 valence electrons. The number of anilines is 1. The summed E-state index contributed by atoms with van der Waals surface area (Å²) in [5.41, 5.74) is 3.98. The SMILES string of the molecule is C=CC(=O)N1CC=C(c2ccc(C(C(=O)Nc3cc(C4CC4)[nH]n3)C(C)C)cn2)CC1. The zero-order valence-corrected chi connectivity index (χ0v) is 18.1. The van der Waals surface area contributed by atoms with Crippen LogP contribution in [-0.2, 0) is 9.59 Å². The number of nitrogens with one attached hydrogen (secondary N) is 2. The summed E-state index contributed by atoms with van der Waals surface area (Å²) < 4.78 is 0. The number of carbonyl (C=O) groups excluding carboxylic acids is 2. The maximum absolute atomic E-state index is 13.0. The largest absolute Gasteiger partial charge is 0.335 e. The Labute approximate surface area is 182 Å². The van der Waals surface area contributed by atoms with E-state index in [4.69, 9.17) is 0 Å². The second-order valence-corrected chi connectivity index (χ2v) is 8.64. The van der Waals surface area contributed by atoms with Crippen molar-refractivity contribution in [3.05, 3.63) is 60.1 Å². The van der Waals surface area contributed by atoms with Gasteiger partial charge in [-0.3, -0.25) is 19.7 Å². The van der Waals surface area contributed by atoms with Crippen LogP contribution in [0, 0.1) is 5.92 Å². The Hall–Kier alpha value is -3.22. The van der Waals surface area contributed by atoms with Crippen LogP contribution < -0.4 is 5.32 Å². The number of aromatic nitrogens is 3. The summed E-state index contributed by atoms with van der Waals surface area (Å²) in [5, 5.41) is 10.2. The summed E-state index contributed by atoms with van der Waals surface area (Å²) >= 11 is 0. The first-order valence-corrected chi connectivity index (χ1v) is 10.9. The van der Waals surface area contributed by atoms with E-state index in [0.29, 0.717) is 24.8 Å². The zero-order valence-electron chi connectivity index (χ0n) is 18.1. The van der Waals surface area contributed by atoms with Crippen molar-refractivity contribution < 1.29 is 9.59 Å². The molecule has 1 unspecified atom stereocenters. The molecule has 1 fully saturated rings. The van der Waals surface area contributed by atoms with Crippen molar-refractivity contribution in [3.8, 4) is 0 Å². The normalized spacial score (nSPS) is 17.3. The molecule has 31 heavy (non-hydrogen) atoms. The van der Waals surface area contributed by atoms with E-state index in [-0.39, 0.29) is 23.7 Å². The Kier molecular flexibility index (Phi) is 6.02. The van der Waals surface area contributed by atoms with Crippen LogP contribution in [0.15, 0.2) is 43.1 Å². The molecule has 7 heteroatoms. The molecule has 0 spiro atoms. The first-order valence-electron chi connectivity index (χ1n) is 10.9. The molecule has 2 aromatic heterocycles. The fourth-order valence-electron chi connectivity index (χ4n) is 4.06. The summed E-state index contributed by atoms with van der Waals surface area (Å²) in [5.74, 6) is 0.810. The van der Waals surface area contributed by atoms with Gasteiger partial charge < -0.3 is 10.2 Å². The van der Waals surface area contributed by atoms with Gasteiger partial charge in [0.1, 0.15) is 0 Å². The lowest BCUT2D eigenvalue weighted by Gasteiger charge is -2.25. The van der Waals surface area contributed by atoms with Crippen molar-refractivity contribution in [2.75, 3.05) is 18.4 Å². The average Bonchev–Trinajstić information content (AvgIpc) is 3.53.